The molecule has 16 heavy (non-hydrogen) atoms. The maximum absolute atomic E-state index is 10.8. The van der Waals surface area contributed by atoms with Crippen molar-refractivity contribution in [2.24, 2.45) is 0 Å². The van der Waals surface area contributed by atoms with Crippen LogP contribution in [0.5, 0.6) is 0 Å². The van der Waals surface area contributed by atoms with Crippen molar-refractivity contribution >= 4 is 34.8 Å². The first-order valence-corrected chi connectivity index (χ1v) is 5.93. The molecule has 0 saturated carbocycles. The Labute approximate surface area is 99.4 Å². The molecule has 2 aromatic rings. The Kier molecular flexibility index (Phi) is 3.07. The number of hydrogen-bond acceptors (Lipinski definition) is 6. The van der Waals surface area contributed by atoms with Crippen LogP contribution in [0.2, 0.25) is 0 Å². The summed E-state index contributed by atoms with van der Waals surface area (Å²) in [5, 5.41) is 11.2. The first-order chi connectivity index (χ1) is 7.68. The molecular weight excluding hydrogens is 246 g/mol. The Balaban J connectivity index is 2.35. The van der Waals surface area contributed by atoms with Crippen molar-refractivity contribution in [3.63, 3.8) is 0 Å². The summed E-state index contributed by atoms with van der Waals surface area (Å²) in [5.41, 5.74) is 5.95. The van der Waals surface area contributed by atoms with Gasteiger partial charge in [-0.05, 0) is 17.8 Å². The molecule has 0 saturated heterocycles. The van der Waals surface area contributed by atoms with Gasteiger partial charge in [-0.3, -0.25) is 0 Å². The standard InChI is InChI=1S/C9H7N3O2S2/c10-6-5(8(13)14)1-2-11-7(6)16-9-12-3-4-15-9/h1-4H,10H2,(H,13,14). The molecule has 2 rings (SSSR count). The monoisotopic (exact) mass is 253 g/mol. The number of carbonyl (C=O) groups is 1. The smallest absolute Gasteiger partial charge is 0.337 e. The molecule has 3 N–H and O–H groups in total. The lowest BCUT2D eigenvalue weighted by Crippen LogP contribution is -2.04. The number of anilines is 1. The lowest BCUT2D eigenvalue weighted by molar-refractivity contribution is 0.0697. The molecule has 5 nitrogen and oxygen atoms in total. The quantitative estimate of drug-likeness (QED) is 0.869. The van der Waals surface area contributed by atoms with Gasteiger partial charge in [-0.2, -0.15) is 0 Å². The van der Waals surface area contributed by atoms with Crippen LogP contribution in [0.4, 0.5) is 5.69 Å². The zero-order valence-corrected chi connectivity index (χ0v) is 9.59. The first kappa shape index (κ1) is 10.9. The van der Waals surface area contributed by atoms with E-state index in [2.05, 4.69) is 9.97 Å². The molecule has 0 spiro atoms. The predicted octanol–water partition coefficient (Wildman–Crippen LogP) is 1.97. The van der Waals surface area contributed by atoms with Crippen molar-refractivity contribution in [2.45, 2.75) is 9.37 Å². The van der Waals surface area contributed by atoms with E-state index in [4.69, 9.17) is 10.8 Å². The lowest BCUT2D eigenvalue weighted by Gasteiger charge is -2.04. The Morgan fingerprint density at radius 2 is 2.25 bits per heavy atom. The number of carboxylic acid groups (broad SMARTS) is 1. The van der Waals surface area contributed by atoms with Gasteiger partial charge in [0.25, 0.3) is 0 Å². The number of hydrogen-bond donors (Lipinski definition) is 2. The van der Waals surface area contributed by atoms with Crippen molar-refractivity contribution < 1.29 is 9.90 Å². The molecule has 0 unspecified atom stereocenters. The van der Waals surface area contributed by atoms with E-state index in [1.807, 2.05) is 5.38 Å². The molecule has 0 fully saturated rings. The maximum atomic E-state index is 10.8. The number of nitrogens with two attached hydrogens (primary N) is 1. The van der Waals surface area contributed by atoms with Crippen LogP contribution in [0.25, 0.3) is 0 Å². The average Bonchev–Trinajstić information content (AvgIpc) is 2.73. The minimum absolute atomic E-state index is 0.0639. The minimum atomic E-state index is -1.05. The zero-order chi connectivity index (χ0) is 11.5. The van der Waals surface area contributed by atoms with Crippen molar-refractivity contribution in [2.75, 3.05) is 5.73 Å². The van der Waals surface area contributed by atoms with Crippen LogP contribution in [0.1, 0.15) is 10.4 Å². The van der Waals surface area contributed by atoms with E-state index in [-0.39, 0.29) is 11.3 Å². The van der Waals surface area contributed by atoms with Gasteiger partial charge >= 0.3 is 5.97 Å². The number of carboxylic acids is 1. The van der Waals surface area contributed by atoms with Crippen molar-refractivity contribution in [3.05, 3.63) is 29.4 Å². The highest BCUT2D eigenvalue weighted by Gasteiger charge is 2.13. The molecule has 0 aliphatic rings. The third kappa shape index (κ3) is 2.15. The second-order valence-electron chi connectivity index (χ2n) is 2.78. The van der Waals surface area contributed by atoms with Crippen LogP contribution in [0.15, 0.2) is 33.2 Å². The summed E-state index contributed by atoms with van der Waals surface area (Å²) in [5.74, 6) is -1.05. The highest BCUT2D eigenvalue weighted by atomic mass is 32.2. The largest absolute Gasteiger partial charge is 0.478 e. The van der Waals surface area contributed by atoms with E-state index in [0.717, 1.165) is 4.34 Å². The number of aromatic carboxylic acids is 1. The van der Waals surface area contributed by atoms with E-state index >= 15 is 0 Å². The Bertz CT molecular complexity index is 513. The van der Waals surface area contributed by atoms with Crippen LogP contribution in [0, 0.1) is 0 Å². The van der Waals surface area contributed by atoms with Gasteiger partial charge in [-0.25, -0.2) is 14.8 Å². The molecule has 2 aromatic heterocycles. The van der Waals surface area contributed by atoms with Gasteiger partial charge in [0.1, 0.15) is 5.03 Å². The van der Waals surface area contributed by atoms with Gasteiger partial charge in [0.15, 0.2) is 4.34 Å². The Morgan fingerprint density at radius 3 is 2.88 bits per heavy atom. The molecule has 82 valence electrons. The second kappa shape index (κ2) is 4.50. The number of thiazole rings is 1. The van der Waals surface area contributed by atoms with Crippen LogP contribution >= 0.6 is 23.1 Å². The summed E-state index contributed by atoms with van der Waals surface area (Å²) in [6, 6.07) is 1.38. The van der Waals surface area contributed by atoms with E-state index in [1.54, 1.807) is 6.20 Å². The molecule has 2 heterocycles. The van der Waals surface area contributed by atoms with Crippen LogP contribution in [-0.4, -0.2) is 21.0 Å². The summed E-state index contributed by atoms with van der Waals surface area (Å²) in [4.78, 5) is 18.9. The fraction of sp³-hybridized carbons (Fsp3) is 0. The summed E-state index contributed by atoms with van der Waals surface area (Å²) in [6.45, 7) is 0. The van der Waals surface area contributed by atoms with Gasteiger partial charge < -0.3 is 10.8 Å². The van der Waals surface area contributed by atoms with Gasteiger partial charge in [-0.1, -0.05) is 0 Å². The summed E-state index contributed by atoms with van der Waals surface area (Å²) < 4.78 is 0.779. The molecule has 7 heteroatoms. The number of nitrogen functional groups attached to an aromatic ring is 1. The van der Waals surface area contributed by atoms with E-state index < -0.39 is 5.97 Å². The average molecular weight is 253 g/mol. The van der Waals surface area contributed by atoms with Gasteiger partial charge in [0.2, 0.25) is 0 Å². The highest BCUT2D eigenvalue weighted by molar-refractivity contribution is 8.01. The second-order valence-corrected chi connectivity index (χ2v) is 4.91. The Morgan fingerprint density at radius 1 is 1.44 bits per heavy atom. The normalized spacial score (nSPS) is 10.2. The zero-order valence-electron chi connectivity index (χ0n) is 7.95. The number of aromatic nitrogens is 2. The van der Waals surface area contributed by atoms with Crippen LogP contribution in [0.3, 0.4) is 0 Å². The molecule has 0 atom stereocenters. The molecule has 0 amide bonds. The maximum Gasteiger partial charge on any atom is 0.337 e. The lowest BCUT2D eigenvalue weighted by atomic mass is 10.2. The predicted molar refractivity (Wildman–Crippen MR) is 61.8 cm³/mol. The third-order valence-corrected chi connectivity index (χ3v) is 3.68. The highest BCUT2D eigenvalue weighted by Crippen LogP contribution is 2.32. The SMILES string of the molecule is Nc1c(C(=O)O)ccnc1Sc1nccs1. The van der Waals surface area contributed by atoms with Crippen LogP contribution < -0.4 is 5.73 Å². The van der Waals surface area contributed by atoms with Crippen LogP contribution in [-0.2, 0) is 0 Å². The number of nitrogens with zero attached hydrogens (tertiary/aromatic N) is 2. The van der Waals surface area contributed by atoms with E-state index in [0.29, 0.717) is 5.03 Å². The number of pyridine rings is 1. The minimum Gasteiger partial charge on any atom is -0.478 e. The summed E-state index contributed by atoms with van der Waals surface area (Å²) in [6.07, 6.45) is 3.10. The number of rotatable bonds is 3. The molecule has 0 aliphatic carbocycles. The Hall–Kier alpha value is -1.60. The third-order valence-electron chi connectivity index (χ3n) is 1.78. The van der Waals surface area contributed by atoms with E-state index in [1.165, 1.54) is 35.4 Å². The van der Waals surface area contributed by atoms with Crippen molar-refractivity contribution in [3.8, 4) is 0 Å². The fourth-order valence-electron chi connectivity index (χ4n) is 1.07. The summed E-state index contributed by atoms with van der Waals surface area (Å²) in [7, 11) is 0. The van der Waals surface area contributed by atoms with Gasteiger partial charge in [-0.15, -0.1) is 11.3 Å². The first-order valence-electron chi connectivity index (χ1n) is 4.23. The van der Waals surface area contributed by atoms with E-state index in [9.17, 15) is 4.79 Å². The van der Waals surface area contributed by atoms with Gasteiger partial charge in [0, 0.05) is 17.8 Å². The molecule has 0 aliphatic heterocycles. The molecule has 0 radical (unpaired) electrons. The summed E-state index contributed by atoms with van der Waals surface area (Å²) >= 11 is 2.71. The molecule has 0 bridgehead atoms. The van der Waals surface area contributed by atoms with Crippen molar-refractivity contribution in [1.29, 1.82) is 0 Å². The topological polar surface area (TPSA) is 89.1 Å². The molecule has 0 aromatic carbocycles. The van der Waals surface area contributed by atoms with Gasteiger partial charge in [0.05, 0.1) is 11.3 Å². The molecular formula is C9H7N3O2S2. The fourth-order valence-corrected chi connectivity index (χ4v) is 2.63. The van der Waals surface area contributed by atoms with Crippen molar-refractivity contribution in [1.82, 2.24) is 9.97 Å².